The van der Waals surface area contributed by atoms with E-state index in [1.165, 1.54) is 12.4 Å². The first-order chi connectivity index (χ1) is 8.99. The van der Waals surface area contributed by atoms with Crippen LogP contribution in [0.1, 0.15) is 21.5 Å². The third-order valence-corrected chi connectivity index (χ3v) is 3.61. The topological polar surface area (TPSA) is 42.0 Å². The van der Waals surface area contributed by atoms with E-state index in [1.807, 2.05) is 26.0 Å². The van der Waals surface area contributed by atoms with Crippen molar-refractivity contribution in [2.45, 2.75) is 13.8 Å². The van der Waals surface area contributed by atoms with Gasteiger partial charge in [-0.25, -0.2) is 0 Å². The van der Waals surface area contributed by atoms with Crippen LogP contribution in [0.5, 0.6) is 0 Å². The zero-order chi connectivity index (χ0) is 14.0. The van der Waals surface area contributed by atoms with Gasteiger partial charge in [0.05, 0.1) is 16.3 Å². The number of carbonyl (C=O) groups excluding carboxylic acids is 1. The van der Waals surface area contributed by atoms with Crippen LogP contribution in [0, 0.1) is 13.8 Å². The first kappa shape index (κ1) is 14.0. The number of aromatic nitrogens is 1. The molecular weight excluding hydrogens is 328 g/mol. The predicted molar refractivity (Wildman–Crippen MR) is 80.8 cm³/mol. The highest BCUT2D eigenvalue weighted by molar-refractivity contribution is 9.10. The molecule has 0 radical (unpaired) electrons. The lowest BCUT2D eigenvalue weighted by Gasteiger charge is -2.12. The van der Waals surface area contributed by atoms with Crippen molar-refractivity contribution in [2.24, 2.45) is 0 Å². The summed E-state index contributed by atoms with van der Waals surface area (Å²) in [6, 6.07) is 5.56. The summed E-state index contributed by atoms with van der Waals surface area (Å²) >= 11 is 9.41. The van der Waals surface area contributed by atoms with E-state index in [9.17, 15) is 4.79 Å². The van der Waals surface area contributed by atoms with Crippen molar-refractivity contribution in [1.29, 1.82) is 0 Å². The van der Waals surface area contributed by atoms with Crippen LogP contribution in [0.4, 0.5) is 5.69 Å². The van der Waals surface area contributed by atoms with Crippen LogP contribution >= 0.6 is 27.5 Å². The van der Waals surface area contributed by atoms with Crippen molar-refractivity contribution in [3.63, 3.8) is 0 Å². The van der Waals surface area contributed by atoms with Crippen molar-refractivity contribution in [3.05, 3.63) is 56.8 Å². The molecule has 0 bridgehead atoms. The summed E-state index contributed by atoms with van der Waals surface area (Å²) in [7, 11) is 0. The number of hydrogen-bond acceptors (Lipinski definition) is 2. The molecule has 0 aliphatic heterocycles. The molecule has 0 fully saturated rings. The molecule has 1 amide bonds. The Hall–Kier alpha value is -1.39. The van der Waals surface area contributed by atoms with Crippen molar-refractivity contribution in [1.82, 2.24) is 4.98 Å². The van der Waals surface area contributed by atoms with E-state index < -0.39 is 0 Å². The Balaban J connectivity index is 2.32. The summed E-state index contributed by atoms with van der Waals surface area (Å²) in [5.74, 6) is -0.250. The fourth-order valence-electron chi connectivity index (χ4n) is 1.81. The Morgan fingerprint density at radius 3 is 2.74 bits per heavy atom. The lowest BCUT2D eigenvalue weighted by molar-refractivity contribution is 0.102. The molecule has 2 rings (SSSR count). The number of pyridine rings is 1. The fraction of sp³-hybridized carbons (Fsp3) is 0.143. The summed E-state index contributed by atoms with van der Waals surface area (Å²) < 4.78 is 0.850. The lowest BCUT2D eigenvalue weighted by Crippen LogP contribution is -2.14. The molecule has 1 N–H and O–H groups in total. The normalized spacial score (nSPS) is 10.3. The van der Waals surface area contributed by atoms with E-state index in [-0.39, 0.29) is 5.91 Å². The van der Waals surface area contributed by atoms with E-state index in [2.05, 4.69) is 26.2 Å². The van der Waals surface area contributed by atoms with E-state index in [4.69, 9.17) is 11.6 Å². The van der Waals surface area contributed by atoms with Gasteiger partial charge in [0.15, 0.2) is 0 Å². The number of hydrogen-bond donors (Lipinski definition) is 1. The van der Waals surface area contributed by atoms with Crippen LogP contribution in [0.2, 0.25) is 5.02 Å². The number of nitrogens with one attached hydrogen (secondary N) is 1. The largest absolute Gasteiger partial charge is 0.321 e. The van der Waals surface area contributed by atoms with Gasteiger partial charge in [-0.1, -0.05) is 17.7 Å². The second-order valence-corrected chi connectivity index (χ2v) is 5.51. The van der Waals surface area contributed by atoms with Crippen LogP contribution in [0.3, 0.4) is 0 Å². The number of anilines is 1. The smallest absolute Gasteiger partial charge is 0.257 e. The molecule has 0 atom stereocenters. The average molecular weight is 340 g/mol. The number of rotatable bonds is 2. The van der Waals surface area contributed by atoms with Crippen LogP contribution in [0.15, 0.2) is 35.1 Å². The molecule has 98 valence electrons. The monoisotopic (exact) mass is 338 g/mol. The zero-order valence-electron chi connectivity index (χ0n) is 10.5. The Morgan fingerprint density at radius 2 is 2.11 bits per heavy atom. The molecule has 0 saturated heterocycles. The van der Waals surface area contributed by atoms with Crippen LogP contribution < -0.4 is 5.32 Å². The minimum atomic E-state index is -0.250. The molecule has 3 nitrogen and oxygen atoms in total. The van der Waals surface area contributed by atoms with Gasteiger partial charge in [0.2, 0.25) is 0 Å². The molecule has 1 heterocycles. The van der Waals surface area contributed by atoms with E-state index in [1.54, 1.807) is 6.07 Å². The van der Waals surface area contributed by atoms with Crippen molar-refractivity contribution in [2.75, 3.05) is 5.32 Å². The molecule has 0 aliphatic carbocycles. The maximum atomic E-state index is 12.2. The molecule has 0 saturated carbocycles. The van der Waals surface area contributed by atoms with Gasteiger partial charge in [-0.15, -0.1) is 0 Å². The van der Waals surface area contributed by atoms with Gasteiger partial charge >= 0.3 is 0 Å². The number of halogens is 2. The summed E-state index contributed by atoms with van der Waals surface area (Å²) in [6.07, 6.45) is 2.99. The Kier molecular flexibility index (Phi) is 4.22. The fourth-order valence-corrected chi connectivity index (χ4v) is 2.79. The van der Waals surface area contributed by atoms with Gasteiger partial charge < -0.3 is 5.32 Å². The molecule has 19 heavy (non-hydrogen) atoms. The van der Waals surface area contributed by atoms with E-state index in [0.717, 1.165) is 21.3 Å². The van der Waals surface area contributed by atoms with Crippen LogP contribution in [-0.2, 0) is 0 Å². The Morgan fingerprint density at radius 1 is 1.37 bits per heavy atom. The number of aryl methyl sites for hydroxylation is 2. The quantitative estimate of drug-likeness (QED) is 0.883. The van der Waals surface area contributed by atoms with Gasteiger partial charge in [-0.2, -0.15) is 0 Å². The summed E-state index contributed by atoms with van der Waals surface area (Å²) in [5.41, 5.74) is 3.28. The van der Waals surface area contributed by atoms with Gasteiger partial charge in [0.25, 0.3) is 5.91 Å². The second-order valence-electron chi connectivity index (χ2n) is 4.25. The highest BCUT2D eigenvalue weighted by atomic mass is 79.9. The minimum absolute atomic E-state index is 0.250. The highest BCUT2D eigenvalue weighted by Gasteiger charge is 2.13. The SMILES string of the molecule is Cc1cc(C)c(NC(=O)c2ccncc2Cl)c(Br)c1. The molecule has 1 aromatic carbocycles. The molecule has 2 aromatic rings. The zero-order valence-corrected chi connectivity index (χ0v) is 12.8. The van der Waals surface area contributed by atoms with Crippen molar-refractivity contribution >= 4 is 39.1 Å². The summed E-state index contributed by atoms with van der Waals surface area (Å²) in [5, 5.41) is 3.20. The van der Waals surface area contributed by atoms with Gasteiger partial charge in [0, 0.05) is 16.9 Å². The summed E-state index contributed by atoms with van der Waals surface area (Å²) in [6.45, 7) is 3.95. The standard InChI is InChI=1S/C14H12BrClN2O/c1-8-5-9(2)13(11(15)6-8)18-14(19)10-3-4-17-7-12(10)16/h3-7H,1-2H3,(H,18,19). The highest BCUT2D eigenvalue weighted by Crippen LogP contribution is 2.28. The number of carbonyl (C=O) groups is 1. The predicted octanol–water partition coefficient (Wildman–Crippen LogP) is 4.37. The maximum absolute atomic E-state index is 12.2. The van der Waals surface area contributed by atoms with Gasteiger partial charge in [-0.3, -0.25) is 9.78 Å². The first-order valence-electron chi connectivity index (χ1n) is 5.66. The Bertz CT molecular complexity index is 620. The lowest BCUT2D eigenvalue weighted by atomic mass is 10.1. The maximum Gasteiger partial charge on any atom is 0.257 e. The molecular formula is C14H12BrClN2O. The second kappa shape index (κ2) is 5.72. The summed E-state index contributed by atoms with van der Waals surface area (Å²) in [4.78, 5) is 16.0. The van der Waals surface area contributed by atoms with Gasteiger partial charge in [0.1, 0.15) is 0 Å². The van der Waals surface area contributed by atoms with E-state index in [0.29, 0.717) is 10.6 Å². The van der Waals surface area contributed by atoms with E-state index >= 15 is 0 Å². The average Bonchev–Trinajstić information content (AvgIpc) is 2.34. The first-order valence-corrected chi connectivity index (χ1v) is 6.83. The van der Waals surface area contributed by atoms with Crippen molar-refractivity contribution < 1.29 is 4.79 Å². The Labute approximate surface area is 125 Å². The third-order valence-electron chi connectivity index (χ3n) is 2.69. The molecule has 1 aromatic heterocycles. The van der Waals surface area contributed by atoms with Crippen molar-refractivity contribution in [3.8, 4) is 0 Å². The molecule has 5 heteroatoms. The van der Waals surface area contributed by atoms with Gasteiger partial charge in [-0.05, 0) is 53.0 Å². The number of nitrogens with zero attached hydrogens (tertiary/aromatic N) is 1. The third kappa shape index (κ3) is 3.14. The van der Waals surface area contributed by atoms with Crippen LogP contribution in [0.25, 0.3) is 0 Å². The molecule has 0 unspecified atom stereocenters. The number of amides is 1. The number of benzene rings is 1. The minimum Gasteiger partial charge on any atom is -0.321 e. The molecule has 0 spiro atoms. The van der Waals surface area contributed by atoms with Crippen LogP contribution in [-0.4, -0.2) is 10.9 Å². The molecule has 0 aliphatic rings.